The van der Waals surface area contributed by atoms with Gasteiger partial charge in [0.05, 0.1) is 0 Å². The first-order chi connectivity index (χ1) is 14.7. The molecule has 2 aromatic carbocycles. The second-order valence-corrected chi connectivity index (χ2v) is 9.49. The van der Waals surface area contributed by atoms with Crippen LogP contribution >= 0.6 is 0 Å². The van der Waals surface area contributed by atoms with Crippen LogP contribution in [0.1, 0.15) is 47.2 Å². The van der Waals surface area contributed by atoms with Crippen LogP contribution < -0.4 is 5.32 Å². The Morgan fingerprint density at radius 3 is 2.00 bits per heavy atom. The van der Waals surface area contributed by atoms with Crippen molar-refractivity contribution in [1.82, 2.24) is 15.1 Å². The van der Waals surface area contributed by atoms with E-state index in [4.69, 9.17) is 0 Å². The lowest BCUT2D eigenvalue weighted by Crippen LogP contribution is -2.45. The summed E-state index contributed by atoms with van der Waals surface area (Å²) in [5.41, 5.74) is 3.49. The molecule has 2 aliphatic carbocycles. The molecule has 3 fully saturated rings. The Kier molecular flexibility index (Phi) is 5.87. The van der Waals surface area contributed by atoms with Gasteiger partial charge in [-0.05, 0) is 54.4 Å². The van der Waals surface area contributed by atoms with E-state index in [9.17, 15) is 4.79 Å². The molecular formula is C26H33N3O. The number of nitrogens with zero attached hydrogens (tertiary/aromatic N) is 2. The number of carbonyl (C=O) groups is 1. The van der Waals surface area contributed by atoms with E-state index in [-0.39, 0.29) is 5.91 Å². The van der Waals surface area contributed by atoms with Crippen LogP contribution in [0.2, 0.25) is 0 Å². The zero-order valence-corrected chi connectivity index (χ0v) is 17.8. The van der Waals surface area contributed by atoms with Gasteiger partial charge in [0.2, 0.25) is 0 Å². The van der Waals surface area contributed by atoms with Gasteiger partial charge < -0.3 is 5.32 Å². The third kappa shape index (κ3) is 4.60. The predicted octanol–water partition coefficient (Wildman–Crippen LogP) is 3.92. The van der Waals surface area contributed by atoms with Crippen molar-refractivity contribution in [3.8, 4) is 0 Å². The van der Waals surface area contributed by atoms with Crippen molar-refractivity contribution in [2.75, 3.05) is 26.2 Å². The normalized spacial score (nSPS) is 26.7. The fourth-order valence-corrected chi connectivity index (χ4v) is 5.64. The molecule has 2 bridgehead atoms. The summed E-state index contributed by atoms with van der Waals surface area (Å²) in [5, 5.41) is 3.30. The van der Waals surface area contributed by atoms with E-state index in [0.717, 1.165) is 56.7 Å². The summed E-state index contributed by atoms with van der Waals surface area (Å²) in [7, 11) is 0. The summed E-state index contributed by atoms with van der Waals surface area (Å²) in [5.74, 6) is 1.68. The summed E-state index contributed by atoms with van der Waals surface area (Å²) in [6.07, 6.45) is 5.17. The van der Waals surface area contributed by atoms with Crippen LogP contribution in [0.25, 0.3) is 0 Å². The number of hydrogen-bond acceptors (Lipinski definition) is 3. The average molecular weight is 404 g/mol. The van der Waals surface area contributed by atoms with Gasteiger partial charge in [-0.1, -0.05) is 48.9 Å². The SMILES string of the molecule is O=C(N[C@H]1C[C@H]2CC[C@H]1C2)c1ccc(CN2CCN(Cc3ccccc3)CC2)cc1. The number of nitrogens with one attached hydrogen (secondary N) is 1. The summed E-state index contributed by atoms with van der Waals surface area (Å²) >= 11 is 0. The number of rotatable bonds is 6. The van der Waals surface area contributed by atoms with Crippen LogP contribution in [0.4, 0.5) is 0 Å². The highest BCUT2D eigenvalue weighted by atomic mass is 16.1. The van der Waals surface area contributed by atoms with E-state index in [1.165, 1.54) is 36.8 Å². The highest BCUT2D eigenvalue weighted by Crippen LogP contribution is 2.44. The topological polar surface area (TPSA) is 35.6 Å². The van der Waals surface area contributed by atoms with E-state index < -0.39 is 0 Å². The molecule has 158 valence electrons. The van der Waals surface area contributed by atoms with Gasteiger partial charge in [-0.3, -0.25) is 14.6 Å². The fraction of sp³-hybridized carbons (Fsp3) is 0.500. The lowest BCUT2D eigenvalue weighted by Gasteiger charge is -2.34. The second-order valence-electron chi connectivity index (χ2n) is 9.49. The van der Waals surface area contributed by atoms with Crippen LogP contribution in [0.5, 0.6) is 0 Å². The highest BCUT2D eigenvalue weighted by Gasteiger charge is 2.40. The molecule has 0 radical (unpaired) electrons. The zero-order chi connectivity index (χ0) is 20.3. The van der Waals surface area contributed by atoms with Crippen LogP contribution in [0.3, 0.4) is 0 Å². The molecule has 1 amide bonds. The Labute approximate surface area is 180 Å². The maximum Gasteiger partial charge on any atom is 0.251 e. The van der Waals surface area contributed by atoms with Gasteiger partial charge in [-0.25, -0.2) is 0 Å². The monoisotopic (exact) mass is 403 g/mol. The van der Waals surface area contributed by atoms with Crippen molar-refractivity contribution < 1.29 is 4.79 Å². The summed E-state index contributed by atoms with van der Waals surface area (Å²) in [4.78, 5) is 17.7. The summed E-state index contributed by atoms with van der Waals surface area (Å²) < 4.78 is 0. The number of fused-ring (bicyclic) bond motifs is 2. The smallest absolute Gasteiger partial charge is 0.251 e. The third-order valence-electron chi connectivity index (χ3n) is 7.39. The Hall–Kier alpha value is -2.17. The molecule has 0 aromatic heterocycles. The minimum atomic E-state index is 0.105. The quantitative estimate of drug-likeness (QED) is 0.794. The van der Waals surface area contributed by atoms with Crippen molar-refractivity contribution >= 4 is 5.91 Å². The molecule has 2 saturated carbocycles. The molecule has 4 heteroatoms. The van der Waals surface area contributed by atoms with Crippen molar-refractivity contribution in [3.63, 3.8) is 0 Å². The van der Waals surface area contributed by atoms with E-state index in [1.807, 2.05) is 12.1 Å². The molecule has 1 aliphatic heterocycles. The van der Waals surface area contributed by atoms with Gasteiger partial charge >= 0.3 is 0 Å². The Bertz CT molecular complexity index is 842. The highest BCUT2D eigenvalue weighted by molar-refractivity contribution is 5.94. The summed E-state index contributed by atoms with van der Waals surface area (Å²) in [6, 6.07) is 19.4. The van der Waals surface area contributed by atoms with Crippen molar-refractivity contribution in [2.24, 2.45) is 11.8 Å². The van der Waals surface area contributed by atoms with E-state index >= 15 is 0 Å². The van der Waals surface area contributed by atoms with Crippen molar-refractivity contribution in [2.45, 2.75) is 44.8 Å². The lowest BCUT2D eigenvalue weighted by molar-refractivity contribution is 0.0923. The van der Waals surface area contributed by atoms with Crippen LogP contribution in [0, 0.1) is 11.8 Å². The molecule has 5 rings (SSSR count). The largest absolute Gasteiger partial charge is 0.349 e. The summed E-state index contributed by atoms with van der Waals surface area (Å²) in [6.45, 7) is 6.42. The molecular weight excluding hydrogens is 370 g/mol. The van der Waals surface area contributed by atoms with Crippen LogP contribution in [-0.2, 0) is 13.1 Å². The molecule has 4 nitrogen and oxygen atoms in total. The van der Waals surface area contributed by atoms with Gasteiger partial charge in [-0.2, -0.15) is 0 Å². The number of hydrogen-bond donors (Lipinski definition) is 1. The molecule has 0 unspecified atom stereocenters. The molecule has 0 spiro atoms. The first-order valence-corrected chi connectivity index (χ1v) is 11.6. The number of carbonyl (C=O) groups excluding carboxylic acids is 1. The zero-order valence-electron chi connectivity index (χ0n) is 17.8. The standard InChI is InChI=1S/C26H33N3O/c30-26(27-25-17-22-8-11-24(25)16-22)23-9-6-21(7-10-23)19-29-14-12-28(13-15-29)18-20-4-2-1-3-5-20/h1-7,9-10,22,24-25H,8,11-19H2,(H,27,30)/t22-,24-,25-/m0/s1. The van der Waals surface area contributed by atoms with Gasteiger partial charge in [0.25, 0.3) is 5.91 Å². The number of benzene rings is 2. The van der Waals surface area contributed by atoms with Gasteiger partial charge in [-0.15, -0.1) is 0 Å². The molecule has 2 aromatic rings. The lowest BCUT2D eigenvalue weighted by atomic mass is 9.95. The van der Waals surface area contributed by atoms with Crippen LogP contribution in [-0.4, -0.2) is 47.9 Å². The maximum absolute atomic E-state index is 12.6. The van der Waals surface area contributed by atoms with E-state index in [0.29, 0.717) is 6.04 Å². The fourth-order valence-electron chi connectivity index (χ4n) is 5.64. The van der Waals surface area contributed by atoms with Gasteiger partial charge in [0.15, 0.2) is 0 Å². The Morgan fingerprint density at radius 2 is 1.43 bits per heavy atom. The van der Waals surface area contributed by atoms with Crippen LogP contribution in [0.15, 0.2) is 54.6 Å². The Morgan fingerprint density at radius 1 is 0.800 bits per heavy atom. The van der Waals surface area contributed by atoms with Gasteiger partial charge in [0.1, 0.15) is 0 Å². The second kappa shape index (κ2) is 8.91. The molecule has 1 N–H and O–H groups in total. The first kappa shape index (κ1) is 19.8. The first-order valence-electron chi connectivity index (χ1n) is 11.6. The predicted molar refractivity (Wildman–Crippen MR) is 120 cm³/mol. The number of piperazine rings is 1. The van der Waals surface area contributed by atoms with Gasteiger partial charge in [0, 0.05) is 50.9 Å². The maximum atomic E-state index is 12.6. The minimum absolute atomic E-state index is 0.105. The van der Waals surface area contributed by atoms with Crippen molar-refractivity contribution in [1.29, 1.82) is 0 Å². The molecule has 3 aliphatic rings. The van der Waals surface area contributed by atoms with Crippen molar-refractivity contribution in [3.05, 3.63) is 71.3 Å². The minimum Gasteiger partial charge on any atom is -0.349 e. The van der Waals surface area contributed by atoms with E-state index in [2.05, 4.69) is 57.6 Å². The number of amides is 1. The molecule has 30 heavy (non-hydrogen) atoms. The Balaban J connectivity index is 1.08. The molecule has 3 atom stereocenters. The average Bonchev–Trinajstić information content (AvgIpc) is 3.40. The molecule has 1 heterocycles. The molecule has 1 saturated heterocycles. The third-order valence-corrected chi connectivity index (χ3v) is 7.39. The van der Waals surface area contributed by atoms with E-state index in [1.54, 1.807) is 0 Å².